The highest BCUT2D eigenvalue weighted by Gasteiger charge is 2.18. The highest BCUT2D eigenvalue weighted by Crippen LogP contribution is 2.47. The van der Waals surface area contributed by atoms with Crippen molar-refractivity contribution in [3.05, 3.63) is 42.5 Å². The zero-order valence-corrected chi connectivity index (χ0v) is 11.9. The van der Waals surface area contributed by atoms with E-state index >= 15 is 0 Å². The van der Waals surface area contributed by atoms with Crippen molar-refractivity contribution in [2.45, 2.75) is 9.79 Å². The zero-order valence-electron chi connectivity index (χ0n) is 10.3. The lowest BCUT2D eigenvalue weighted by Gasteiger charge is -2.25. The van der Waals surface area contributed by atoms with Gasteiger partial charge in [0.15, 0.2) is 0 Å². The van der Waals surface area contributed by atoms with E-state index in [-0.39, 0.29) is 12.4 Å². The Morgan fingerprint density at radius 3 is 2.44 bits per heavy atom. The maximum atomic E-state index is 3.53. The Morgan fingerprint density at radius 1 is 0.944 bits per heavy atom. The fraction of sp³-hybridized carbons (Fsp3) is 0.143. The monoisotopic (exact) mass is 278 g/mol. The first-order chi connectivity index (χ1) is 8.25. The Balaban J connectivity index is 0.00000120. The van der Waals surface area contributed by atoms with Crippen molar-refractivity contribution >= 4 is 41.2 Å². The number of hydrogen-bond acceptors (Lipinski definition) is 3. The molecule has 0 fully saturated rings. The van der Waals surface area contributed by atoms with Crippen LogP contribution in [0.2, 0.25) is 0 Å². The summed E-state index contributed by atoms with van der Waals surface area (Å²) < 4.78 is 0. The van der Waals surface area contributed by atoms with Crippen LogP contribution >= 0.6 is 24.2 Å². The lowest BCUT2D eigenvalue weighted by Crippen LogP contribution is -2.12. The van der Waals surface area contributed by atoms with Gasteiger partial charge < -0.3 is 10.2 Å². The first-order valence-corrected chi connectivity index (χ1v) is 6.41. The van der Waals surface area contributed by atoms with Crippen LogP contribution in [0, 0.1) is 0 Å². The van der Waals surface area contributed by atoms with E-state index in [1.54, 1.807) is 0 Å². The van der Waals surface area contributed by atoms with Crippen LogP contribution in [0.15, 0.2) is 52.3 Å². The number of para-hydroxylation sites is 2. The summed E-state index contributed by atoms with van der Waals surface area (Å²) in [5.74, 6) is 0. The molecule has 0 aliphatic carbocycles. The molecule has 1 N–H and O–H groups in total. The van der Waals surface area contributed by atoms with Crippen LogP contribution in [-0.2, 0) is 0 Å². The third-order valence-electron chi connectivity index (χ3n) is 2.85. The normalized spacial score (nSPS) is 11.7. The molecule has 2 aromatic rings. The quantitative estimate of drug-likeness (QED) is 0.711. The smallest absolute Gasteiger partial charge is 0.0763 e. The van der Waals surface area contributed by atoms with E-state index in [0.29, 0.717) is 0 Å². The molecule has 0 spiro atoms. The van der Waals surface area contributed by atoms with Crippen LogP contribution in [0.5, 0.6) is 0 Å². The summed E-state index contributed by atoms with van der Waals surface area (Å²) in [5, 5.41) is 3.53. The first kappa shape index (κ1) is 13.1. The van der Waals surface area contributed by atoms with Crippen LogP contribution in [0.4, 0.5) is 17.1 Å². The number of anilines is 3. The van der Waals surface area contributed by atoms with Crippen molar-refractivity contribution < 1.29 is 0 Å². The Kier molecular flexibility index (Phi) is 3.73. The molecule has 0 amide bonds. The van der Waals surface area contributed by atoms with Gasteiger partial charge in [-0.05, 0) is 24.3 Å². The van der Waals surface area contributed by atoms with E-state index in [4.69, 9.17) is 0 Å². The summed E-state index contributed by atoms with van der Waals surface area (Å²) in [6.45, 7) is 0. The average molecular weight is 279 g/mol. The first-order valence-electron chi connectivity index (χ1n) is 5.60. The topological polar surface area (TPSA) is 15.3 Å². The zero-order chi connectivity index (χ0) is 11.8. The minimum atomic E-state index is 0. The summed E-state index contributed by atoms with van der Waals surface area (Å²) in [7, 11) is 4.14. The van der Waals surface area contributed by atoms with Crippen molar-refractivity contribution in [3.8, 4) is 0 Å². The van der Waals surface area contributed by atoms with Gasteiger partial charge in [0.2, 0.25) is 0 Å². The van der Waals surface area contributed by atoms with Crippen LogP contribution < -0.4 is 10.2 Å². The molecule has 0 radical (unpaired) electrons. The van der Waals surface area contributed by atoms with Gasteiger partial charge in [0.1, 0.15) is 0 Å². The van der Waals surface area contributed by atoms with Crippen LogP contribution in [0.1, 0.15) is 0 Å². The van der Waals surface area contributed by atoms with E-state index < -0.39 is 0 Å². The third kappa shape index (κ3) is 2.16. The molecular formula is C14H15ClN2S. The maximum Gasteiger partial charge on any atom is 0.0763 e. The van der Waals surface area contributed by atoms with Gasteiger partial charge in [-0.25, -0.2) is 0 Å². The molecule has 0 aromatic heterocycles. The van der Waals surface area contributed by atoms with E-state index in [1.165, 1.54) is 26.9 Å². The maximum absolute atomic E-state index is 3.53. The number of fused-ring (bicyclic) bond motifs is 2. The lowest BCUT2D eigenvalue weighted by atomic mass is 10.2. The molecule has 1 aliphatic rings. The van der Waals surface area contributed by atoms with E-state index in [1.807, 2.05) is 11.8 Å². The number of rotatable bonds is 1. The van der Waals surface area contributed by atoms with Crippen molar-refractivity contribution in [1.29, 1.82) is 0 Å². The molecule has 0 saturated heterocycles. The van der Waals surface area contributed by atoms with Gasteiger partial charge in [-0.1, -0.05) is 30.0 Å². The molecule has 94 valence electrons. The van der Waals surface area contributed by atoms with Crippen molar-refractivity contribution in [1.82, 2.24) is 0 Å². The Labute approximate surface area is 118 Å². The van der Waals surface area contributed by atoms with E-state index in [2.05, 4.69) is 66.8 Å². The lowest BCUT2D eigenvalue weighted by molar-refractivity contribution is 1.12. The molecule has 18 heavy (non-hydrogen) atoms. The third-order valence-corrected chi connectivity index (χ3v) is 3.99. The second-order valence-corrected chi connectivity index (χ2v) is 5.35. The number of benzene rings is 2. The Morgan fingerprint density at radius 2 is 1.67 bits per heavy atom. The number of halogens is 1. The van der Waals surface area contributed by atoms with Crippen LogP contribution in [0.3, 0.4) is 0 Å². The number of nitrogens with one attached hydrogen (secondary N) is 1. The summed E-state index contributed by atoms with van der Waals surface area (Å²) in [5.41, 5.74) is 3.63. The minimum Gasteiger partial charge on any atom is -0.376 e. The van der Waals surface area contributed by atoms with Crippen LogP contribution in [-0.4, -0.2) is 14.1 Å². The summed E-state index contributed by atoms with van der Waals surface area (Å²) in [6, 6.07) is 14.8. The number of hydrogen-bond donors (Lipinski definition) is 1. The molecule has 0 atom stereocenters. The summed E-state index contributed by atoms with van der Waals surface area (Å²) in [4.78, 5) is 4.71. The van der Waals surface area contributed by atoms with Gasteiger partial charge in [-0.3, -0.25) is 0 Å². The molecule has 3 rings (SSSR count). The fourth-order valence-corrected chi connectivity index (χ4v) is 3.03. The standard InChI is InChI=1S/C14H14N2S.ClH/c1-16(2)11-7-5-9-13-14(11)15-10-6-3-4-8-12(10)17-13;/h3-9,15H,1-2H3;1H. The average Bonchev–Trinajstić information content (AvgIpc) is 2.35. The molecule has 0 saturated carbocycles. The molecule has 0 bridgehead atoms. The molecule has 1 heterocycles. The SMILES string of the molecule is CN(C)c1cccc2c1Nc1ccccc1S2.Cl. The second-order valence-electron chi connectivity index (χ2n) is 4.27. The van der Waals surface area contributed by atoms with Crippen LogP contribution in [0.25, 0.3) is 0 Å². The van der Waals surface area contributed by atoms with Crippen molar-refractivity contribution in [2.24, 2.45) is 0 Å². The van der Waals surface area contributed by atoms with Gasteiger partial charge in [-0.15, -0.1) is 12.4 Å². The molecule has 2 nitrogen and oxygen atoms in total. The summed E-state index contributed by atoms with van der Waals surface area (Å²) >= 11 is 1.82. The van der Waals surface area contributed by atoms with E-state index in [0.717, 1.165) is 0 Å². The highest BCUT2D eigenvalue weighted by molar-refractivity contribution is 7.99. The largest absolute Gasteiger partial charge is 0.376 e. The van der Waals surface area contributed by atoms with Crippen molar-refractivity contribution in [3.63, 3.8) is 0 Å². The fourth-order valence-electron chi connectivity index (χ4n) is 2.01. The molecular weight excluding hydrogens is 264 g/mol. The highest BCUT2D eigenvalue weighted by atomic mass is 35.5. The predicted molar refractivity (Wildman–Crippen MR) is 81.9 cm³/mol. The van der Waals surface area contributed by atoms with Gasteiger partial charge in [-0.2, -0.15) is 0 Å². The molecule has 0 unspecified atom stereocenters. The molecule has 2 aromatic carbocycles. The second kappa shape index (κ2) is 5.12. The Bertz CT molecular complexity index is 569. The van der Waals surface area contributed by atoms with Crippen molar-refractivity contribution in [2.75, 3.05) is 24.3 Å². The summed E-state index contributed by atoms with van der Waals surface area (Å²) in [6.07, 6.45) is 0. The van der Waals surface area contributed by atoms with E-state index in [9.17, 15) is 0 Å². The molecule has 4 heteroatoms. The number of nitrogens with zero attached hydrogens (tertiary/aromatic N) is 1. The minimum absolute atomic E-state index is 0. The molecule has 1 aliphatic heterocycles. The Hall–Kier alpha value is -1.32. The van der Waals surface area contributed by atoms with Gasteiger partial charge in [0, 0.05) is 23.9 Å². The van der Waals surface area contributed by atoms with Gasteiger partial charge in [0.25, 0.3) is 0 Å². The van der Waals surface area contributed by atoms with Gasteiger partial charge in [0.05, 0.1) is 17.1 Å². The van der Waals surface area contributed by atoms with Gasteiger partial charge >= 0.3 is 0 Å². The predicted octanol–water partition coefficient (Wildman–Crippen LogP) is 4.38.